The molecule has 7 nitrogen and oxygen atoms in total. The number of aromatic amines is 1. The Labute approximate surface area is 170 Å². The molecule has 0 radical (unpaired) electrons. The number of aliphatic hydroxyl groups excluding tert-OH is 1. The first-order valence-electron chi connectivity index (χ1n) is 9.44. The summed E-state index contributed by atoms with van der Waals surface area (Å²) in [5.74, 6) is 0.446. The molecule has 28 heavy (non-hydrogen) atoms. The summed E-state index contributed by atoms with van der Waals surface area (Å²) in [4.78, 5) is 26.6. The first-order chi connectivity index (χ1) is 13.4. The van der Waals surface area contributed by atoms with Crippen LogP contribution in [0.15, 0.2) is 46.1 Å². The number of benzene rings is 1. The van der Waals surface area contributed by atoms with Gasteiger partial charge in [-0.1, -0.05) is 0 Å². The topological polar surface area (TPSA) is 96.3 Å². The van der Waals surface area contributed by atoms with Crippen molar-refractivity contribution in [3.05, 3.63) is 62.9 Å². The fourth-order valence-corrected chi connectivity index (χ4v) is 6.14. The van der Waals surface area contributed by atoms with E-state index in [2.05, 4.69) is 36.3 Å². The fourth-order valence-electron chi connectivity index (χ4n) is 3.29. The van der Waals surface area contributed by atoms with Gasteiger partial charge < -0.3 is 0 Å². The average Bonchev–Trinajstić information content (AvgIpc) is 3.01. The summed E-state index contributed by atoms with van der Waals surface area (Å²) in [6.45, 7) is 6.57. The molecule has 152 valence electrons. The first-order valence-corrected chi connectivity index (χ1v) is 11.3. The van der Waals surface area contributed by atoms with Crippen molar-refractivity contribution in [2.24, 2.45) is 5.92 Å². The van der Waals surface area contributed by atoms with Gasteiger partial charge in [-0.3, -0.25) is 0 Å². The number of nitrogens with zero attached hydrogens (tertiary/aromatic N) is 1. The van der Waals surface area contributed by atoms with E-state index in [1.165, 1.54) is 9.03 Å². The van der Waals surface area contributed by atoms with Gasteiger partial charge in [0.05, 0.1) is 0 Å². The predicted molar refractivity (Wildman–Crippen MR) is 109 cm³/mol. The van der Waals surface area contributed by atoms with Crippen LogP contribution in [0.1, 0.15) is 25.6 Å². The van der Waals surface area contributed by atoms with E-state index in [1.807, 2.05) is 18.2 Å². The van der Waals surface area contributed by atoms with Crippen LogP contribution in [0.2, 0.25) is 4.82 Å². The molecule has 4 atom stereocenters. The molecule has 0 spiro atoms. The van der Waals surface area contributed by atoms with Crippen molar-refractivity contribution in [2.75, 3.05) is 13.2 Å². The number of nitrogens with one attached hydrogen (secondary N) is 2. The van der Waals surface area contributed by atoms with Crippen LogP contribution in [-0.4, -0.2) is 54.9 Å². The molecule has 1 aliphatic rings. The molecule has 1 aromatic carbocycles. The van der Waals surface area contributed by atoms with Crippen molar-refractivity contribution >= 4 is 19.4 Å². The van der Waals surface area contributed by atoms with Gasteiger partial charge in [-0.15, -0.1) is 0 Å². The summed E-state index contributed by atoms with van der Waals surface area (Å²) < 4.78 is 8.80. The van der Waals surface area contributed by atoms with Crippen LogP contribution in [0.25, 0.3) is 0 Å². The molecule has 3 N–H and O–H groups in total. The van der Waals surface area contributed by atoms with Crippen molar-refractivity contribution in [1.82, 2.24) is 14.9 Å². The third-order valence-electron chi connectivity index (χ3n) is 4.73. The number of rotatable bonds is 7. The molecule has 0 amide bonds. The average molecular weight is 452 g/mol. The summed E-state index contributed by atoms with van der Waals surface area (Å²) in [5.41, 5.74) is -0.429. The molecule has 0 aliphatic carbocycles. The number of aryl methyl sites for hydroxylation is 1. The number of aliphatic hydroxyl groups is 1. The van der Waals surface area contributed by atoms with Crippen molar-refractivity contribution in [3.8, 4) is 0 Å². The number of hydrogen-bond donors (Lipinski definition) is 3. The maximum absolute atomic E-state index is 12.5. The van der Waals surface area contributed by atoms with Gasteiger partial charge in [0.1, 0.15) is 0 Å². The monoisotopic (exact) mass is 453 g/mol. The zero-order valence-corrected chi connectivity index (χ0v) is 18.0. The second kappa shape index (κ2) is 9.20. The number of ether oxygens (including phenoxy) is 1. The maximum atomic E-state index is 12.5. The summed E-state index contributed by atoms with van der Waals surface area (Å²) >= 11 is -0.00598. The summed E-state index contributed by atoms with van der Waals surface area (Å²) in [6, 6.07) is 10.0. The van der Waals surface area contributed by atoms with Crippen LogP contribution in [0.4, 0.5) is 0 Å². The summed E-state index contributed by atoms with van der Waals surface area (Å²) in [5, 5.41) is 13.5. The molecule has 0 bridgehead atoms. The third-order valence-corrected chi connectivity index (χ3v) is 7.54. The summed E-state index contributed by atoms with van der Waals surface area (Å²) in [7, 11) is 0. The second-order valence-corrected chi connectivity index (χ2v) is 10.1. The van der Waals surface area contributed by atoms with E-state index in [-0.39, 0.29) is 32.4 Å². The van der Waals surface area contributed by atoms with Crippen molar-refractivity contribution < 1.29 is 9.84 Å². The first kappa shape index (κ1) is 21.0. The minimum atomic E-state index is -0.551. The Hall–Kier alpha value is -1.70. The molecule has 2 heterocycles. The molecule has 0 unspecified atom stereocenters. The number of aromatic nitrogens is 2. The van der Waals surface area contributed by atoms with Gasteiger partial charge in [-0.2, -0.15) is 0 Å². The Morgan fingerprint density at radius 3 is 2.64 bits per heavy atom. The van der Waals surface area contributed by atoms with E-state index in [1.54, 1.807) is 13.1 Å². The number of hydrogen-bond acceptors (Lipinski definition) is 5. The molecule has 8 heteroatoms. The van der Waals surface area contributed by atoms with E-state index in [0.717, 1.165) is 6.54 Å². The SMILES string of the molecule is Cc1cn([C@@H]2O[C@H](CO)[C@@H](NCC(C)C)[C@H]2[Se]c2ccccc2)c(=O)[nH]c1=O. The zero-order chi connectivity index (χ0) is 20.3. The van der Waals surface area contributed by atoms with Crippen LogP contribution >= 0.6 is 0 Å². The van der Waals surface area contributed by atoms with Crippen molar-refractivity contribution in [3.63, 3.8) is 0 Å². The molecule has 1 aliphatic heterocycles. The second-order valence-electron chi connectivity index (χ2n) is 7.45. The molecular weight excluding hydrogens is 425 g/mol. The molecule has 1 saturated heterocycles. The van der Waals surface area contributed by atoms with Gasteiger partial charge in [0.15, 0.2) is 0 Å². The van der Waals surface area contributed by atoms with Crippen LogP contribution in [0.3, 0.4) is 0 Å². The van der Waals surface area contributed by atoms with Crippen LogP contribution in [-0.2, 0) is 4.74 Å². The van der Waals surface area contributed by atoms with Gasteiger partial charge in [0.25, 0.3) is 0 Å². The molecule has 3 rings (SSSR count). The molecule has 1 aromatic heterocycles. The minimum absolute atomic E-state index is 0.00598. The van der Waals surface area contributed by atoms with Crippen molar-refractivity contribution in [1.29, 1.82) is 0 Å². The van der Waals surface area contributed by atoms with Crippen LogP contribution < -0.4 is 21.0 Å². The van der Waals surface area contributed by atoms with E-state index in [0.29, 0.717) is 11.5 Å². The van der Waals surface area contributed by atoms with Gasteiger partial charge in [-0.25, -0.2) is 0 Å². The standard InChI is InChI=1S/C20H27N3O4Se/c1-12(2)9-21-16-15(11-24)27-19(17(16)28-14-7-5-4-6-8-14)23-10-13(3)18(25)22-20(23)26/h4-8,10,12,15-17,19,21,24H,9,11H2,1-3H3,(H,22,25,26)/t15-,16-,17-,19-/m1/s1. The van der Waals surface area contributed by atoms with Crippen molar-refractivity contribution in [2.45, 2.75) is 44.0 Å². The number of H-pyrrole nitrogens is 1. The molecular formula is C20H27N3O4Se. The van der Waals surface area contributed by atoms with E-state index in [4.69, 9.17) is 4.74 Å². The molecule has 0 saturated carbocycles. The van der Waals surface area contributed by atoms with E-state index >= 15 is 0 Å². The van der Waals surface area contributed by atoms with E-state index < -0.39 is 23.6 Å². The quantitative estimate of drug-likeness (QED) is 0.521. The van der Waals surface area contributed by atoms with Gasteiger partial charge >= 0.3 is 170 Å². The van der Waals surface area contributed by atoms with E-state index in [9.17, 15) is 14.7 Å². The van der Waals surface area contributed by atoms with Crippen LogP contribution in [0, 0.1) is 12.8 Å². The van der Waals surface area contributed by atoms with Gasteiger partial charge in [-0.05, 0) is 0 Å². The predicted octanol–water partition coefficient (Wildman–Crippen LogP) is 0.167. The van der Waals surface area contributed by atoms with Crippen LogP contribution in [0.5, 0.6) is 0 Å². The molecule has 2 aromatic rings. The summed E-state index contributed by atoms with van der Waals surface area (Å²) in [6.07, 6.45) is 0.586. The normalized spacial score (nSPS) is 24.8. The Kier molecular flexibility index (Phi) is 6.90. The van der Waals surface area contributed by atoms with Gasteiger partial charge in [0, 0.05) is 0 Å². The Balaban J connectivity index is 1.99. The fraction of sp³-hybridized carbons (Fsp3) is 0.500. The van der Waals surface area contributed by atoms with Gasteiger partial charge in [0.2, 0.25) is 0 Å². The Morgan fingerprint density at radius 1 is 1.29 bits per heavy atom. The Morgan fingerprint density at radius 2 is 2.00 bits per heavy atom. The molecule has 1 fully saturated rings. The zero-order valence-electron chi connectivity index (χ0n) is 16.3. The third kappa shape index (κ3) is 4.64. The Bertz CT molecular complexity index is 896.